The fourth-order valence-corrected chi connectivity index (χ4v) is 3.96. The third-order valence-electron chi connectivity index (χ3n) is 4.89. The number of carbonyl (C=O) groups is 1. The van der Waals surface area contributed by atoms with Crippen molar-refractivity contribution in [3.05, 3.63) is 66.2 Å². The lowest BCUT2D eigenvalue weighted by Crippen LogP contribution is -2.37. The molecule has 3 N–H and O–H groups in total. The van der Waals surface area contributed by atoms with Gasteiger partial charge in [-0.1, -0.05) is 11.1 Å². The number of anilines is 4. The highest BCUT2D eigenvalue weighted by Gasteiger charge is 2.28. The third kappa shape index (κ3) is 3.88. The summed E-state index contributed by atoms with van der Waals surface area (Å²) in [5.74, 6) is 3.43. The van der Waals surface area contributed by atoms with Gasteiger partial charge in [-0.3, -0.25) is 19.3 Å². The molecule has 0 unspecified atom stereocenters. The Labute approximate surface area is 191 Å². The molecule has 168 valence electrons. The Kier molecular flexibility index (Phi) is 5.53. The molecule has 0 bridgehead atoms. The summed E-state index contributed by atoms with van der Waals surface area (Å²) < 4.78 is 10.5. The molecule has 0 spiro atoms. The highest BCUT2D eigenvalue weighted by molar-refractivity contribution is 7.13. The summed E-state index contributed by atoms with van der Waals surface area (Å²) in [5.41, 5.74) is -1.55. The van der Waals surface area contributed by atoms with Crippen LogP contribution in [0.2, 0.25) is 0 Å². The van der Waals surface area contributed by atoms with Crippen molar-refractivity contribution in [3.63, 3.8) is 0 Å². The van der Waals surface area contributed by atoms with E-state index in [-0.39, 0.29) is 33.5 Å². The molecule has 0 aliphatic rings. The van der Waals surface area contributed by atoms with Gasteiger partial charge in [-0.25, -0.2) is 0 Å². The van der Waals surface area contributed by atoms with Gasteiger partial charge in [-0.05, 0) is 26.0 Å². The Morgan fingerprint density at radius 3 is 2.58 bits per heavy atom. The number of nitrogens with zero attached hydrogens (tertiary/aromatic N) is 2. The SMILES string of the molecule is C#C[C@@H](Nc1c(Nc2csc(C(=O)N(C)c3cc(C)on3)c2O)c(=O)c1=O)c1ccc(C)o1. The standard InChI is InChI=1S/C22H18N4O6S/c1-5-12(14-7-6-10(2)31-14)23-16-17(20(29)19(16)28)24-13-9-33-21(18(13)27)22(30)26(4)15-8-11(3)32-25-15/h1,6-9,12,23-24,27H,2-4H3/t12-/m1/s1. The number of aromatic nitrogens is 1. The predicted octanol–water partition coefficient (Wildman–Crippen LogP) is 3.05. The molecule has 0 saturated carbocycles. The molecule has 4 rings (SSSR count). The molecule has 4 aromatic rings. The second-order valence-corrected chi connectivity index (χ2v) is 8.09. The molecule has 0 saturated heterocycles. The first-order chi connectivity index (χ1) is 15.7. The summed E-state index contributed by atoms with van der Waals surface area (Å²) in [6, 6.07) is 4.18. The Bertz CT molecular complexity index is 1460. The molecular weight excluding hydrogens is 448 g/mol. The fourth-order valence-electron chi connectivity index (χ4n) is 3.09. The van der Waals surface area contributed by atoms with E-state index in [1.165, 1.54) is 17.3 Å². The minimum atomic E-state index is -0.782. The average Bonchev–Trinajstić information content (AvgIpc) is 3.52. The van der Waals surface area contributed by atoms with Gasteiger partial charge >= 0.3 is 0 Å². The first-order valence-corrected chi connectivity index (χ1v) is 10.5. The molecule has 3 aromatic heterocycles. The van der Waals surface area contributed by atoms with Gasteiger partial charge in [-0.15, -0.1) is 17.8 Å². The van der Waals surface area contributed by atoms with Crippen molar-refractivity contribution in [2.45, 2.75) is 19.9 Å². The van der Waals surface area contributed by atoms with Crippen LogP contribution in [0.1, 0.15) is 33.0 Å². The van der Waals surface area contributed by atoms with Crippen molar-refractivity contribution in [1.29, 1.82) is 0 Å². The van der Waals surface area contributed by atoms with E-state index in [2.05, 4.69) is 21.7 Å². The van der Waals surface area contributed by atoms with Crippen LogP contribution in [0.25, 0.3) is 0 Å². The number of hydrogen-bond acceptors (Lipinski definition) is 10. The third-order valence-corrected chi connectivity index (χ3v) is 5.85. The van der Waals surface area contributed by atoms with Gasteiger partial charge in [0.25, 0.3) is 16.8 Å². The van der Waals surface area contributed by atoms with Crippen LogP contribution in [0.4, 0.5) is 22.9 Å². The zero-order valence-electron chi connectivity index (χ0n) is 17.8. The maximum Gasteiger partial charge on any atom is 0.273 e. The average molecular weight is 466 g/mol. The van der Waals surface area contributed by atoms with Crippen molar-refractivity contribution in [2.24, 2.45) is 0 Å². The van der Waals surface area contributed by atoms with Crippen LogP contribution < -0.4 is 26.4 Å². The second-order valence-electron chi connectivity index (χ2n) is 7.21. The van der Waals surface area contributed by atoms with Crippen molar-refractivity contribution in [3.8, 4) is 18.1 Å². The Hall–Kier alpha value is -4.30. The minimum Gasteiger partial charge on any atom is -0.504 e. The summed E-state index contributed by atoms with van der Waals surface area (Å²) in [6.45, 7) is 3.44. The number of amides is 1. The summed E-state index contributed by atoms with van der Waals surface area (Å²) in [4.78, 5) is 38.3. The van der Waals surface area contributed by atoms with E-state index in [0.29, 0.717) is 17.3 Å². The topological polar surface area (TPSA) is 138 Å². The van der Waals surface area contributed by atoms with Crippen LogP contribution >= 0.6 is 11.3 Å². The van der Waals surface area contributed by atoms with E-state index in [1.807, 2.05) is 0 Å². The van der Waals surface area contributed by atoms with E-state index in [4.69, 9.17) is 15.4 Å². The molecule has 1 atom stereocenters. The van der Waals surface area contributed by atoms with Crippen molar-refractivity contribution >= 4 is 40.1 Å². The highest BCUT2D eigenvalue weighted by atomic mass is 32.1. The Morgan fingerprint density at radius 1 is 1.24 bits per heavy atom. The molecular formula is C22H18N4O6S. The molecule has 0 fully saturated rings. The van der Waals surface area contributed by atoms with E-state index in [9.17, 15) is 19.5 Å². The number of aryl methyl sites for hydroxylation is 2. The van der Waals surface area contributed by atoms with Crippen LogP contribution in [0, 0.1) is 26.2 Å². The molecule has 10 nitrogen and oxygen atoms in total. The lowest BCUT2D eigenvalue weighted by Gasteiger charge is -2.17. The number of terminal acetylenes is 1. The number of furan rings is 1. The van der Waals surface area contributed by atoms with Crippen molar-refractivity contribution in [1.82, 2.24) is 5.16 Å². The van der Waals surface area contributed by atoms with Gasteiger partial charge in [0.15, 0.2) is 11.6 Å². The molecule has 3 heterocycles. The quantitative estimate of drug-likeness (QED) is 0.277. The second kappa shape index (κ2) is 8.33. The fraction of sp³-hybridized carbons (Fsp3) is 0.182. The lowest BCUT2D eigenvalue weighted by atomic mass is 10.1. The zero-order valence-corrected chi connectivity index (χ0v) is 18.6. The smallest absolute Gasteiger partial charge is 0.273 e. The van der Waals surface area contributed by atoms with E-state index < -0.39 is 22.8 Å². The van der Waals surface area contributed by atoms with E-state index in [1.54, 1.807) is 32.0 Å². The summed E-state index contributed by atoms with van der Waals surface area (Å²) in [7, 11) is 1.49. The first kappa shape index (κ1) is 21.9. The largest absolute Gasteiger partial charge is 0.504 e. The van der Waals surface area contributed by atoms with Crippen molar-refractivity contribution < 1.29 is 18.8 Å². The number of thiophene rings is 1. The van der Waals surface area contributed by atoms with Crippen LogP contribution in [0.5, 0.6) is 5.75 Å². The molecule has 0 radical (unpaired) electrons. The molecule has 1 amide bonds. The Balaban J connectivity index is 1.56. The lowest BCUT2D eigenvalue weighted by molar-refractivity contribution is 0.0993. The van der Waals surface area contributed by atoms with Gasteiger partial charge in [0.05, 0.1) is 5.69 Å². The maximum absolute atomic E-state index is 12.8. The molecule has 1 aromatic carbocycles. The molecule has 0 aliphatic carbocycles. The number of nitrogens with one attached hydrogen (secondary N) is 2. The maximum atomic E-state index is 12.8. The van der Waals surface area contributed by atoms with Gasteiger partial charge in [0.2, 0.25) is 0 Å². The van der Waals surface area contributed by atoms with Gasteiger partial charge in [0.1, 0.15) is 39.6 Å². The predicted molar refractivity (Wildman–Crippen MR) is 123 cm³/mol. The first-order valence-electron chi connectivity index (χ1n) is 9.62. The normalized spacial score (nSPS) is 11.8. The summed E-state index contributed by atoms with van der Waals surface area (Å²) >= 11 is 0.963. The number of rotatable bonds is 7. The zero-order chi connectivity index (χ0) is 23.9. The Morgan fingerprint density at radius 2 is 1.97 bits per heavy atom. The molecule has 11 heteroatoms. The van der Waals surface area contributed by atoms with Crippen molar-refractivity contribution in [2.75, 3.05) is 22.6 Å². The number of hydrogen-bond donors (Lipinski definition) is 3. The van der Waals surface area contributed by atoms with E-state index >= 15 is 0 Å². The summed E-state index contributed by atoms with van der Waals surface area (Å²) in [5, 5.41) is 21.4. The number of aromatic hydroxyl groups is 1. The highest BCUT2D eigenvalue weighted by Crippen LogP contribution is 2.38. The van der Waals surface area contributed by atoms with Gasteiger partial charge in [-0.2, -0.15) is 0 Å². The molecule has 0 aliphatic heterocycles. The molecule has 33 heavy (non-hydrogen) atoms. The van der Waals surface area contributed by atoms with Gasteiger partial charge < -0.3 is 24.7 Å². The van der Waals surface area contributed by atoms with Crippen LogP contribution in [-0.2, 0) is 0 Å². The minimum absolute atomic E-state index is 0.0152. The van der Waals surface area contributed by atoms with E-state index in [0.717, 1.165) is 11.3 Å². The van der Waals surface area contributed by atoms with Crippen LogP contribution in [0.15, 0.2) is 42.1 Å². The summed E-state index contributed by atoms with van der Waals surface area (Å²) in [6.07, 6.45) is 5.55. The van der Waals surface area contributed by atoms with Gasteiger partial charge in [0, 0.05) is 18.5 Å². The number of carbonyl (C=O) groups excluding carboxylic acids is 1. The van der Waals surface area contributed by atoms with Crippen LogP contribution in [0.3, 0.4) is 0 Å². The monoisotopic (exact) mass is 466 g/mol. The van der Waals surface area contributed by atoms with Crippen LogP contribution in [-0.4, -0.2) is 23.2 Å².